The van der Waals surface area contributed by atoms with Crippen LogP contribution in [0.5, 0.6) is 0 Å². The molecule has 3 rings (SSSR count). The molecule has 0 unspecified atom stereocenters. The predicted molar refractivity (Wildman–Crippen MR) is 100.0 cm³/mol. The summed E-state index contributed by atoms with van der Waals surface area (Å²) >= 11 is 0. The Kier molecular flexibility index (Phi) is 5.12. The van der Waals surface area contributed by atoms with E-state index in [9.17, 15) is 14.0 Å². The van der Waals surface area contributed by atoms with Gasteiger partial charge in [-0.1, -0.05) is 6.58 Å². The van der Waals surface area contributed by atoms with Crippen LogP contribution in [0.1, 0.15) is 35.5 Å². The molecule has 138 valence electrons. The largest absolute Gasteiger partial charge is 0.462 e. The van der Waals surface area contributed by atoms with E-state index in [0.717, 1.165) is 17.3 Å². The molecule has 0 aliphatic rings. The number of pyridine rings is 3. The summed E-state index contributed by atoms with van der Waals surface area (Å²) in [7, 11) is 0. The van der Waals surface area contributed by atoms with Crippen LogP contribution >= 0.6 is 0 Å². The first kappa shape index (κ1) is 18.4. The van der Waals surface area contributed by atoms with Crippen molar-refractivity contribution in [3.8, 4) is 0 Å². The van der Waals surface area contributed by atoms with Gasteiger partial charge in [0.25, 0.3) is 5.56 Å². The number of ether oxygens (including phenoxy) is 1. The summed E-state index contributed by atoms with van der Waals surface area (Å²) in [4.78, 5) is 33.5. The van der Waals surface area contributed by atoms with Crippen LogP contribution in [0.2, 0.25) is 0 Å². The molecule has 0 bridgehead atoms. The summed E-state index contributed by atoms with van der Waals surface area (Å²) in [5.74, 6) is -1.17. The first-order chi connectivity index (χ1) is 12.9. The van der Waals surface area contributed by atoms with E-state index in [1.165, 1.54) is 22.8 Å². The average Bonchev–Trinajstić information content (AvgIpc) is 2.65. The van der Waals surface area contributed by atoms with E-state index in [2.05, 4.69) is 16.5 Å². The number of esters is 1. The second-order valence-electron chi connectivity index (χ2n) is 6.05. The van der Waals surface area contributed by atoms with Crippen molar-refractivity contribution in [2.24, 2.45) is 0 Å². The summed E-state index contributed by atoms with van der Waals surface area (Å²) < 4.78 is 19.5. The fourth-order valence-corrected chi connectivity index (χ4v) is 2.66. The third-order valence-corrected chi connectivity index (χ3v) is 4.02. The third-order valence-electron chi connectivity index (χ3n) is 4.02. The van der Waals surface area contributed by atoms with Crippen molar-refractivity contribution in [2.75, 3.05) is 6.61 Å². The van der Waals surface area contributed by atoms with E-state index in [4.69, 9.17) is 4.74 Å². The summed E-state index contributed by atoms with van der Waals surface area (Å²) in [6.45, 7) is 7.59. The smallest absolute Gasteiger partial charge is 0.343 e. The van der Waals surface area contributed by atoms with E-state index in [1.807, 2.05) is 6.92 Å². The molecule has 0 saturated carbocycles. The molecule has 27 heavy (non-hydrogen) atoms. The summed E-state index contributed by atoms with van der Waals surface area (Å²) in [6.07, 6.45) is 2.69. The molecular formula is C20H18FN3O3. The lowest BCUT2D eigenvalue weighted by atomic mass is 10.1. The summed E-state index contributed by atoms with van der Waals surface area (Å²) in [5.41, 5.74) is 1.83. The highest BCUT2D eigenvalue weighted by atomic mass is 19.1. The molecule has 7 heteroatoms. The number of fused-ring (bicyclic) bond motifs is 1. The molecule has 0 amide bonds. The van der Waals surface area contributed by atoms with Gasteiger partial charge in [0.1, 0.15) is 17.0 Å². The van der Waals surface area contributed by atoms with Gasteiger partial charge in [0.05, 0.1) is 25.0 Å². The zero-order valence-electron chi connectivity index (χ0n) is 15.0. The molecule has 0 saturated heterocycles. The zero-order chi connectivity index (χ0) is 19.6. The average molecular weight is 367 g/mol. The van der Waals surface area contributed by atoms with Crippen LogP contribution < -0.4 is 5.56 Å². The number of hydrogen-bond acceptors (Lipinski definition) is 5. The van der Waals surface area contributed by atoms with Crippen LogP contribution in [0.4, 0.5) is 4.39 Å². The van der Waals surface area contributed by atoms with Crippen LogP contribution in [0.3, 0.4) is 0 Å². The van der Waals surface area contributed by atoms with Gasteiger partial charge in [-0.2, -0.15) is 0 Å². The van der Waals surface area contributed by atoms with Crippen molar-refractivity contribution in [3.05, 3.63) is 76.2 Å². The Morgan fingerprint density at radius 1 is 1.26 bits per heavy atom. The molecule has 0 N–H and O–H groups in total. The van der Waals surface area contributed by atoms with Gasteiger partial charge in [0, 0.05) is 11.6 Å². The Morgan fingerprint density at radius 2 is 2.04 bits per heavy atom. The zero-order valence-corrected chi connectivity index (χ0v) is 15.0. The van der Waals surface area contributed by atoms with Gasteiger partial charge in [-0.25, -0.2) is 14.2 Å². The van der Waals surface area contributed by atoms with Gasteiger partial charge in [-0.15, -0.1) is 0 Å². The predicted octanol–water partition coefficient (Wildman–Crippen LogP) is 3.19. The van der Waals surface area contributed by atoms with Gasteiger partial charge in [-0.05, 0) is 49.2 Å². The van der Waals surface area contributed by atoms with Gasteiger partial charge in [0.2, 0.25) is 0 Å². The summed E-state index contributed by atoms with van der Waals surface area (Å²) in [6, 6.07) is 6.02. The number of carbonyl (C=O) groups is 1. The summed E-state index contributed by atoms with van der Waals surface area (Å²) in [5, 5.41) is 0.597. The fraction of sp³-hybridized carbons (Fsp3) is 0.200. The molecule has 0 radical (unpaired) electrons. The van der Waals surface area contributed by atoms with Gasteiger partial charge in [0.15, 0.2) is 0 Å². The van der Waals surface area contributed by atoms with Crippen molar-refractivity contribution in [3.63, 3.8) is 0 Å². The highest BCUT2D eigenvalue weighted by Crippen LogP contribution is 2.19. The molecule has 0 atom stereocenters. The van der Waals surface area contributed by atoms with E-state index in [1.54, 1.807) is 19.2 Å². The minimum atomic E-state index is -0.703. The number of carbonyl (C=O) groups excluding carboxylic acids is 1. The molecule has 0 aromatic carbocycles. The standard InChI is InChI=1S/C20H18FN3O3/c1-4-27-20(26)17-8-13-7-14(12(2)3)9-23-18(13)24(19(17)25)11-16-6-5-15(21)10-22-16/h5-10H,2,4,11H2,1,3H3. The lowest BCUT2D eigenvalue weighted by Crippen LogP contribution is -2.29. The normalized spacial score (nSPS) is 10.8. The Morgan fingerprint density at radius 3 is 2.67 bits per heavy atom. The topological polar surface area (TPSA) is 74.1 Å². The Labute approximate surface area is 155 Å². The Balaban J connectivity index is 2.23. The van der Waals surface area contributed by atoms with E-state index in [0.29, 0.717) is 16.7 Å². The van der Waals surface area contributed by atoms with Gasteiger partial charge >= 0.3 is 5.97 Å². The van der Waals surface area contributed by atoms with E-state index >= 15 is 0 Å². The molecular weight excluding hydrogens is 349 g/mol. The fourth-order valence-electron chi connectivity index (χ4n) is 2.66. The lowest BCUT2D eigenvalue weighted by Gasteiger charge is -2.12. The number of aromatic nitrogens is 3. The maximum Gasteiger partial charge on any atom is 0.343 e. The molecule has 0 aliphatic carbocycles. The molecule has 0 aliphatic heterocycles. The quantitative estimate of drug-likeness (QED) is 0.648. The molecule has 3 aromatic rings. The van der Waals surface area contributed by atoms with Crippen molar-refractivity contribution in [1.29, 1.82) is 0 Å². The second kappa shape index (κ2) is 7.49. The van der Waals surface area contributed by atoms with Gasteiger partial charge in [-0.3, -0.25) is 14.3 Å². The highest BCUT2D eigenvalue weighted by Gasteiger charge is 2.18. The number of allylic oxidation sites excluding steroid dienone is 1. The van der Waals surface area contributed by atoms with Crippen molar-refractivity contribution in [1.82, 2.24) is 14.5 Å². The lowest BCUT2D eigenvalue weighted by molar-refractivity contribution is 0.0524. The Hall–Kier alpha value is -3.35. The maximum absolute atomic E-state index is 13.1. The third kappa shape index (κ3) is 3.76. The van der Waals surface area contributed by atoms with Crippen molar-refractivity contribution < 1.29 is 13.9 Å². The number of rotatable bonds is 5. The van der Waals surface area contributed by atoms with Gasteiger partial charge < -0.3 is 4.74 Å². The molecule has 0 fully saturated rings. The van der Waals surface area contributed by atoms with E-state index < -0.39 is 17.3 Å². The maximum atomic E-state index is 13.1. The van der Waals surface area contributed by atoms with Crippen LogP contribution in [-0.4, -0.2) is 27.1 Å². The first-order valence-electron chi connectivity index (χ1n) is 8.37. The number of halogens is 1. The van der Waals surface area contributed by atoms with Crippen LogP contribution in [0, 0.1) is 5.82 Å². The van der Waals surface area contributed by atoms with E-state index in [-0.39, 0.29) is 18.7 Å². The minimum Gasteiger partial charge on any atom is -0.462 e. The Bertz CT molecular complexity index is 1090. The second-order valence-corrected chi connectivity index (χ2v) is 6.05. The molecule has 0 spiro atoms. The van der Waals surface area contributed by atoms with Crippen molar-refractivity contribution in [2.45, 2.75) is 20.4 Å². The number of hydrogen-bond donors (Lipinski definition) is 0. The first-order valence-corrected chi connectivity index (χ1v) is 8.37. The SMILES string of the molecule is C=C(C)c1cnc2c(c1)cc(C(=O)OCC)c(=O)n2Cc1ccc(F)cn1. The monoisotopic (exact) mass is 367 g/mol. The minimum absolute atomic E-state index is 0.0439. The highest BCUT2D eigenvalue weighted by molar-refractivity contribution is 5.93. The van der Waals surface area contributed by atoms with Crippen LogP contribution in [-0.2, 0) is 11.3 Å². The molecule has 3 heterocycles. The van der Waals surface area contributed by atoms with Crippen LogP contribution in [0.15, 0.2) is 48.0 Å². The molecule has 6 nitrogen and oxygen atoms in total. The van der Waals surface area contributed by atoms with Crippen molar-refractivity contribution >= 4 is 22.6 Å². The number of nitrogens with zero attached hydrogens (tertiary/aromatic N) is 3. The van der Waals surface area contributed by atoms with Crippen LogP contribution in [0.25, 0.3) is 16.6 Å². The molecule has 3 aromatic heterocycles.